The molecule has 2 unspecified atom stereocenters. The summed E-state index contributed by atoms with van der Waals surface area (Å²) in [6.07, 6.45) is 6.39. The lowest BCUT2D eigenvalue weighted by atomic mass is 9.97. The summed E-state index contributed by atoms with van der Waals surface area (Å²) < 4.78 is 13.7. The molecule has 2 aliphatic heterocycles. The highest BCUT2D eigenvalue weighted by molar-refractivity contribution is 6.76. The van der Waals surface area contributed by atoms with Crippen molar-refractivity contribution >= 4 is 31.0 Å². The Morgan fingerprint density at radius 2 is 1.89 bits per heavy atom. The quantitative estimate of drug-likeness (QED) is 0.311. The Morgan fingerprint density at radius 3 is 2.69 bits per heavy atom. The summed E-state index contributed by atoms with van der Waals surface area (Å²) in [5, 5.41) is 1.04. The fraction of sp³-hybridized carbons (Fsp3) is 0.519. The van der Waals surface area contributed by atoms with Crippen LogP contribution in [-0.2, 0) is 22.8 Å². The van der Waals surface area contributed by atoms with Crippen molar-refractivity contribution in [3.63, 3.8) is 0 Å². The Labute approximate surface area is 214 Å². The van der Waals surface area contributed by atoms with Gasteiger partial charge in [-0.15, -0.1) is 0 Å². The van der Waals surface area contributed by atoms with E-state index >= 15 is 0 Å². The molecule has 1 amide bonds. The van der Waals surface area contributed by atoms with Crippen molar-refractivity contribution in [3.8, 4) is 0 Å². The lowest BCUT2D eigenvalue weighted by Crippen LogP contribution is -2.52. The third-order valence-corrected chi connectivity index (χ3v) is 8.99. The third-order valence-electron chi connectivity index (χ3n) is 7.28. The Hall–Kier alpha value is -2.91. The summed E-state index contributed by atoms with van der Waals surface area (Å²) in [4.78, 5) is 26.6. The number of carbonyl (C=O) groups is 1. The van der Waals surface area contributed by atoms with Crippen molar-refractivity contribution in [2.75, 3.05) is 24.6 Å². The molecule has 9 heteroatoms. The van der Waals surface area contributed by atoms with Crippen LogP contribution in [0.1, 0.15) is 24.8 Å². The van der Waals surface area contributed by atoms with Crippen molar-refractivity contribution in [1.29, 1.82) is 0 Å². The number of piperidine rings is 1. The Kier molecular flexibility index (Phi) is 7.29. The minimum Gasteiger partial charge on any atom is -0.445 e. The first kappa shape index (κ1) is 24.8. The molecular weight excluding hydrogens is 470 g/mol. The number of aromatic nitrogens is 3. The number of anilines is 1. The predicted molar refractivity (Wildman–Crippen MR) is 144 cm³/mol. The molecule has 2 aliphatic rings. The van der Waals surface area contributed by atoms with Crippen LogP contribution in [0.5, 0.6) is 0 Å². The molecule has 0 N–H and O–H groups in total. The highest BCUT2D eigenvalue weighted by Gasteiger charge is 2.43. The van der Waals surface area contributed by atoms with Crippen LogP contribution in [0, 0.1) is 0 Å². The molecule has 0 spiro atoms. The maximum atomic E-state index is 13.0. The average molecular weight is 508 g/mol. The fourth-order valence-corrected chi connectivity index (χ4v) is 6.10. The average Bonchev–Trinajstić information content (AvgIpc) is 3.49. The van der Waals surface area contributed by atoms with E-state index in [0.29, 0.717) is 13.3 Å². The van der Waals surface area contributed by atoms with E-state index in [1.54, 1.807) is 6.33 Å². The second-order valence-electron chi connectivity index (χ2n) is 11.1. The van der Waals surface area contributed by atoms with Crippen LogP contribution in [0.15, 0.2) is 48.9 Å². The third kappa shape index (κ3) is 5.42. The zero-order chi connectivity index (χ0) is 25.1. The number of hydrogen-bond acceptors (Lipinski definition) is 6. The molecule has 2 saturated heterocycles. The Balaban J connectivity index is 1.26. The van der Waals surface area contributed by atoms with Crippen molar-refractivity contribution in [1.82, 2.24) is 19.4 Å². The van der Waals surface area contributed by atoms with Gasteiger partial charge in [-0.2, -0.15) is 0 Å². The van der Waals surface area contributed by atoms with Gasteiger partial charge in [0.25, 0.3) is 0 Å². The van der Waals surface area contributed by atoms with E-state index in [4.69, 9.17) is 14.5 Å². The van der Waals surface area contributed by atoms with Crippen molar-refractivity contribution in [3.05, 3.63) is 54.5 Å². The first-order chi connectivity index (χ1) is 17.4. The number of rotatable bonds is 8. The molecule has 0 bridgehead atoms. The zero-order valence-electron chi connectivity index (χ0n) is 21.6. The van der Waals surface area contributed by atoms with E-state index in [1.807, 2.05) is 41.4 Å². The van der Waals surface area contributed by atoms with E-state index in [-0.39, 0.29) is 18.2 Å². The van der Waals surface area contributed by atoms with Crippen molar-refractivity contribution in [2.45, 2.75) is 70.4 Å². The lowest BCUT2D eigenvalue weighted by molar-refractivity contribution is 0.0673. The van der Waals surface area contributed by atoms with E-state index in [0.717, 1.165) is 67.4 Å². The number of benzene rings is 1. The molecule has 2 aromatic heterocycles. The van der Waals surface area contributed by atoms with E-state index in [9.17, 15) is 4.79 Å². The molecule has 4 heterocycles. The predicted octanol–water partition coefficient (Wildman–Crippen LogP) is 5.12. The maximum Gasteiger partial charge on any atom is 0.410 e. The first-order valence-corrected chi connectivity index (χ1v) is 16.7. The molecule has 5 rings (SSSR count). The second kappa shape index (κ2) is 10.6. The van der Waals surface area contributed by atoms with Gasteiger partial charge in [0.1, 0.15) is 31.1 Å². The smallest absolute Gasteiger partial charge is 0.410 e. The fourth-order valence-electron chi connectivity index (χ4n) is 5.34. The minimum atomic E-state index is -1.12. The van der Waals surface area contributed by atoms with Crippen molar-refractivity contribution < 1.29 is 14.3 Å². The Bertz CT molecular complexity index is 1180. The molecule has 1 aromatic carbocycles. The van der Waals surface area contributed by atoms with Gasteiger partial charge in [0, 0.05) is 34.0 Å². The summed E-state index contributed by atoms with van der Waals surface area (Å²) >= 11 is 0. The number of amides is 1. The normalized spacial score (nSPS) is 20.1. The number of nitrogens with zero attached hydrogens (tertiary/aromatic N) is 5. The number of likely N-dealkylation sites (tertiary alicyclic amines) is 1. The topological polar surface area (TPSA) is 72.7 Å². The summed E-state index contributed by atoms with van der Waals surface area (Å²) in [5.41, 5.74) is 1.90. The van der Waals surface area contributed by atoms with E-state index in [1.165, 1.54) is 0 Å². The molecule has 36 heavy (non-hydrogen) atoms. The first-order valence-electron chi connectivity index (χ1n) is 13.0. The van der Waals surface area contributed by atoms with Gasteiger partial charge in [0.05, 0.1) is 17.5 Å². The summed E-state index contributed by atoms with van der Waals surface area (Å²) in [5.74, 6) is 0.952. The van der Waals surface area contributed by atoms with Gasteiger partial charge < -0.3 is 23.8 Å². The van der Waals surface area contributed by atoms with Gasteiger partial charge in [0.2, 0.25) is 0 Å². The van der Waals surface area contributed by atoms with Crippen LogP contribution >= 0.6 is 0 Å². The van der Waals surface area contributed by atoms with E-state index < -0.39 is 8.07 Å². The lowest BCUT2D eigenvalue weighted by Gasteiger charge is -2.39. The van der Waals surface area contributed by atoms with Crippen LogP contribution in [0.25, 0.3) is 11.0 Å². The molecule has 3 aromatic rings. The second-order valence-corrected chi connectivity index (χ2v) is 16.7. The van der Waals surface area contributed by atoms with Crippen molar-refractivity contribution in [2.24, 2.45) is 0 Å². The van der Waals surface area contributed by atoms with Gasteiger partial charge in [0.15, 0.2) is 0 Å². The minimum absolute atomic E-state index is 0.138. The van der Waals surface area contributed by atoms with Crippen LogP contribution in [-0.4, -0.2) is 65.4 Å². The molecule has 0 saturated carbocycles. The van der Waals surface area contributed by atoms with Gasteiger partial charge in [-0.3, -0.25) is 0 Å². The van der Waals surface area contributed by atoms with Gasteiger partial charge in [-0.05, 0) is 36.9 Å². The number of ether oxygens (including phenoxy) is 2. The number of hydrogen-bond donors (Lipinski definition) is 0. The Morgan fingerprint density at radius 1 is 1.06 bits per heavy atom. The van der Waals surface area contributed by atoms with Gasteiger partial charge in [-0.1, -0.05) is 50.0 Å². The van der Waals surface area contributed by atoms with Crippen LogP contribution in [0.3, 0.4) is 0 Å². The number of fused-ring (bicyclic) bond motifs is 2. The zero-order valence-corrected chi connectivity index (χ0v) is 22.6. The highest BCUT2D eigenvalue weighted by Crippen LogP contribution is 2.36. The van der Waals surface area contributed by atoms with Gasteiger partial charge >= 0.3 is 6.09 Å². The monoisotopic (exact) mass is 507 g/mol. The molecule has 2 fully saturated rings. The molecule has 192 valence electrons. The molecule has 2 atom stereocenters. The summed E-state index contributed by atoms with van der Waals surface area (Å²) in [6.45, 7) is 10.3. The number of carbonyl (C=O) groups excluding carboxylic acids is 1. The van der Waals surface area contributed by atoms with E-state index in [2.05, 4.69) is 40.2 Å². The molecule has 8 nitrogen and oxygen atoms in total. The maximum absolute atomic E-state index is 13.0. The summed E-state index contributed by atoms with van der Waals surface area (Å²) in [6, 6.07) is 13.5. The molecular formula is C27H37N5O3Si. The molecule has 0 aliphatic carbocycles. The largest absolute Gasteiger partial charge is 0.445 e. The van der Waals surface area contributed by atoms with Crippen LogP contribution in [0.4, 0.5) is 10.6 Å². The van der Waals surface area contributed by atoms with Crippen LogP contribution in [0.2, 0.25) is 25.7 Å². The summed E-state index contributed by atoms with van der Waals surface area (Å²) in [7, 11) is -1.12. The van der Waals surface area contributed by atoms with Gasteiger partial charge in [-0.25, -0.2) is 14.8 Å². The SMILES string of the molecule is C[Si](C)(C)CCOCn1ccc2c(N3CCC4C3CCCN4C(=O)OCc3ccccc3)ncnc21. The molecule has 0 radical (unpaired) electrons. The standard InChI is InChI=1S/C27H37N5O3Si/c1-36(2,3)17-16-34-20-30-14-11-22-25(30)28-19-29-26(22)31-15-12-24-23(31)10-7-13-32(24)27(33)35-18-21-8-5-4-6-9-21/h4-6,8-9,11,14,19,23-24H,7,10,12-13,15-18,20H2,1-3H3. The highest BCUT2D eigenvalue weighted by atomic mass is 28.3. The van der Waals surface area contributed by atoms with Crippen LogP contribution < -0.4 is 4.90 Å².